The molecule has 0 spiro atoms. The lowest BCUT2D eigenvalue weighted by atomic mass is 10.6. The number of nitrogens with zero attached hydrogens (tertiary/aromatic N) is 2. The highest BCUT2D eigenvalue weighted by atomic mass is 35.5. The molecule has 1 aliphatic rings. The number of rotatable bonds is 0. The van der Waals surface area contributed by atoms with Gasteiger partial charge in [-0.25, -0.2) is 0 Å². The molecule has 0 aliphatic carbocycles. The number of aliphatic imine (C=N–C) groups is 1. The van der Waals surface area contributed by atoms with E-state index in [1.807, 2.05) is 0 Å². The number of halogens is 3. The van der Waals surface area contributed by atoms with Gasteiger partial charge in [0.1, 0.15) is 11.8 Å². The van der Waals surface area contributed by atoms with Crippen LogP contribution in [-0.2, 0) is 0 Å². The van der Waals surface area contributed by atoms with Gasteiger partial charge in [-0.15, -0.1) is 0 Å². The molecule has 0 radical (unpaired) electrons. The molecule has 0 aromatic rings. The van der Waals surface area contributed by atoms with Gasteiger partial charge in [0.05, 0.1) is 5.03 Å². The maximum absolute atomic E-state index is 5.57. The van der Waals surface area contributed by atoms with Crippen molar-refractivity contribution in [3.63, 3.8) is 0 Å². The van der Waals surface area contributed by atoms with Gasteiger partial charge in [0.15, 0.2) is 0 Å². The second kappa shape index (κ2) is 2.78. The molecular formula is C4H3Cl3N2. The highest BCUT2D eigenvalue weighted by Crippen LogP contribution is 2.21. The lowest BCUT2D eigenvalue weighted by molar-refractivity contribution is 0.601. The van der Waals surface area contributed by atoms with E-state index in [4.69, 9.17) is 35.0 Å². The van der Waals surface area contributed by atoms with Gasteiger partial charge in [-0.3, -0.25) is 9.41 Å². The van der Waals surface area contributed by atoms with Crippen molar-refractivity contribution < 1.29 is 0 Å². The summed E-state index contributed by atoms with van der Waals surface area (Å²) in [6.45, 7) is 0.358. The lowest BCUT2D eigenvalue weighted by Crippen LogP contribution is -2.13. The van der Waals surface area contributed by atoms with E-state index in [0.717, 1.165) is 0 Å². The zero-order valence-electron chi connectivity index (χ0n) is 4.31. The molecule has 0 saturated carbocycles. The maximum Gasteiger partial charge on any atom is 0.141 e. The first-order valence-electron chi connectivity index (χ1n) is 2.20. The minimum Gasteiger partial charge on any atom is -0.269 e. The van der Waals surface area contributed by atoms with Crippen LogP contribution in [-0.4, -0.2) is 17.3 Å². The molecule has 5 heteroatoms. The molecule has 1 heterocycles. The Bertz CT molecular complexity index is 175. The van der Waals surface area contributed by atoms with Crippen LogP contribution in [0.25, 0.3) is 0 Å². The van der Waals surface area contributed by atoms with E-state index in [0.29, 0.717) is 16.9 Å². The molecule has 9 heavy (non-hydrogen) atoms. The topological polar surface area (TPSA) is 15.6 Å². The fourth-order valence-corrected chi connectivity index (χ4v) is 0.893. The summed E-state index contributed by atoms with van der Waals surface area (Å²) in [6.07, 6.45) is 1.47. The van der Waals surface area contributed by atoms with Gasteiger partial charge >= 0.3 is 0 Å². The van der Waals surface area contributed by atoms with Crippen molar-refractivity contribution >= 4 is 41.2 Å². The summed E-state index contributed by atoms with van der Waals surface area (Å²) in [5, 5.41) is 0.700. The molecular weight excluding hydrogens is 182 g/mol. The second-order valence-corrected chi connectivity index (χ2v) is 2.63. The van der Waals surface area contributed by atoms with Crippen LogP contribution in [0, 0.1) is 0 Å². The van der Waals surface area contributed by atoms with Gasteiger partial charge in [-0.1, -0.05) is 23.2 Å². The summed E-state index contributed by atoms with van der Waals surface area (Å²) in [4.78, 5) is 3.78. The van der Waals surface area contributed by atoms with Gasteiger partial charge < -0.3 is 0 Å². The minimum absolute atomic E-state index is 0.327. The third kappa shape index (κ3) is 1.51. The van der Waals surface area contributed by atoms with Gasteiger partial charge in [-0.2, -0.15) is 0 Å². The Hall–Kier alpha value is 0.0800. The van der Waals surface area contributed by atoms with Crippen molar-refractivity contribution in [2.75, 3.05) is 6.67 Å². The van der Waals surface area contributed by atoms with Crippen molar-refractivity contribution in [2.45, 2.75) is 0 Å². The van der Waals surface area contributed by atoms with E-state index in [1.54, 1.807) is 0 Å². The summed E-state index contributed by atoms with van der Waals surface area (Å²) in [7, 11) is 0. The molecule has 0 atom stereocenters. The highest BCUT2D eigenvalue weighted by molar-refractivity contribution is 6.47. The average Bonchev–Trinajstić information content (AvgIpc) is 1.83. The molecule has 2 nitrogen and oxygen atoms in total. The second-order valence-electron chi connectivity index (χ2n) is 1.45. The molecule has 1 aliphatic heterocycles. The monoisotopic (exact) mass is 184 g/mol. The van der Waals surface area contributed by atoms with E-state index in [1.165, 1.54) is 10.6 Å². The molecule has 0 saturated heterocycles. The molecule has 0 aromatic heterocycles. The van der Waals surface area contributed by atoms with Crippen molar-refractivity contribution in [1.29, 1.82) is 0 Å². The van der Waals surface area contributed by atoms with Crippen molar-refractivity contribution in [2.24, 2.45) is 4.99 Å². The van der Waals surface area contributed by atoms with Crippen LogP contribution in [0.15, 0.2) is 15.2 Å². The third-order valence-corrected chi connectivity index (χ3v) is 1.96. The van der Waals surface area contributed by atoms with Crippen LogP contribution in [0.4, 0.5) is 0 Å². The third-order valence-electron chi connectivity index (χ3n) is 0.821. The largest absolute Gasteiger partial charge is 0.269 e. The van der Waals surface area contributed by atoms with Crippen LogP contribution in [0.3, 0.4) is 0 Å². The van der Waals surface area contributed by atoms with Crippen molar-refractivity contribution in [3.8, 4) is 0 Å². The van der Waals surface area contributed by atoms with Crippen molar-refractivity contribution in [1.82, 2.24) is 4.42 Å². The van der Waals surface area contributed by atoms with Gasteiger partial charge in [0, 0.05) is 18.0 Å². The summed E-state index contributed by atoms with van der Waals surface area (Å²) < 4.78 is 1.24. The predicted molar refractivity (Wildman–Crippen MR) is 39.8 cm³/mol. The smallest absolute Gasteiger partial charge is 0.141 e. The molecule has 0 N–H and O–H groups in total. The Labute approximate surface area is 67.8 Å². The maximum atomic E-state index is 5.57. The lowest BCUT2D eigenvalue weighted by Gasteiger charge is -2.14. The fourth-order valence-electron chi connectivity index (χ4n) is 0.424. The zero-order chi connectivity index (χ0) is 6.85. The van der Waals surface area contributed by atoms with Crippen molar-refractivity contribution in [3.05, 3.63) is 10.2 Å². The predicted octanol–water partition coefficient (Wildman–Crippen LogP) is 2.13. The standard InChI is InChI=1S/C4H3Cl3N2/c5-3-1-8-2-9(7)4(3)6/h1H,2H2. The SMILES string of the molecule is ClC1=C(Cl)N(Cl)CN=C1. The highest BCUT2D eigenvalue weighted by Gasteiger charge is 2.10. The Morgan fingerprint density at radius 2 is 2.22 bits per heavy atom. The van der Waals surface area contributed by atoms with Gasteiger partial charge in [-0.05, 0) is 0 Å². The first-order chi connectivity index (χ1) is 4.22. The zero-order valence-corrected chi connectivity index (χ0v) is 6.58. The Kier molecular flexibility index (Phi) is 2.22. The Morgan fingerprint density at radius 1 is 1.56 bits per heavy atom. The molecule has 0 fully saturated rings. The molecule has 50 valence electrons. The van der Waals surface area contributed by atoms with Crippen LogP contribution < -0.4 is 0 Å². The molecule has 0 amide bonds. The fraction of sp³-hybridized carbons (Fsp3) is 0.250. The summed E-state index contributed by atoms with van der Waals surface area (Å²) in [6, 6.07) is 0. The van der Waals surface area contributed by atoms with E-state index in [9.17, 15) is 0 Å². The minimum atomic E-state index is 0.327. The Morgan fingerprint density at radius 3 is 2.67 bits per heavy atom. The number of allylic oxidation sites excluding steroid dienone is 1. The first kappa shape index (κ1) is 7.19. The van der Waals surface area contributed by atoms with Gasteiger partial charge in [0.2, 0.25) is 0 Å². The summed E-state index contributed by atoms with van der Waals surface area (Å²) >= 11 is 16.6. The van der Waals surface area contributed by atoms with Crippen LogP contribution in [0.5, 0.6) is 0 Å². The van der Waals surface area contributed by atoms with E-state index in [-0.39, 0.29) is 0 Å². The van der Waals surface area contributed by atoms with Crippen LogP contribution in [0.1, 0.15) is 0 Å². The number of hydrogen-bond donors (Lipinski definition) is 0. The molecule has 0 bridgehead atoms. The van der Waals surface area contributed by atoms with E-state index < -0.39 is 0 Å². The molecule has 0 aromatic carbocycles. The summed E-state index contributed by atoms with van der Waals surface area (Å²) in [5.74, 6) is 0. The number of hydrogen-bond acceptors (Lipinski definition) is 2. The van der Waals surface area contributed by atoms with E-state index in [2.05, 4.69) is 4.99 Å². The Balaban J connectivity index is 2.83. The van der Waals surface area contributed by atoms with Gasteiger partial charge in [0.25, 0.3) is 0 Å². The summed E-state index contributed by atoms with van der Waals surface area (Å²) in [5.41, 5.74) is 0. The first-order valence-corrected chi connectivity index (χ1v) is 3.29. The average molecular weight is 185 g/mol. The van der Waals surface area contributed by atoms with Crippen LogP contribution >= 0.6 is 35.0 Å². The quantitative estimate of drug-likeness (QED) is 0.417. The van der Waals surface area contributed by atoms with E-state index >= 15 is 0 Å². The van der Waals surface area contributed by atoms with Crippen LogP contribution in [0.2, 0.25) is 0 Å². The molecule has 1 rings (SSSR count). The molecule has 0 unspecified atom stereocenters. The normalized spacial score (nSPS) is 19.2.